The minimum Gasteiger partial charge on any atom is -0.457 e. The van der Waals surface area contributed by atoms with Crippen LogP contribution < -0.4 is 4.74 Å². The first-order valence-corrected chi connectivity index (χ1v) is 10.9. The molecule has 1 heterocycles. The number of hydrogen-bond acceptors (Lipinski definition) is 2. The molecule has 2 heteroatoms. The fraction of sp³-hybridized carbons (Fsp3) is 0.333. The molecular formula is C27H29NO. The molecule has 1 saturated heterocycles. The van der Waals surface area contributed by atoms with Gasteiger partial charge in [0.1, 0.15) is 11.5 Å². The van der Waals surface area contributed by atoms with Crippen LogP contribution in [0.1, 0.15) is 31.2 Å². The number of rotatable bonds is 6. The Bertz CT molecular complexity index is 1010. The summed E-state index contributed by atoms with van der Waals surface area (Å²) >= 11 is 0. The Labute approximate surface area is 173 Å². The second-order valence-corrected chi connectivity index (χ2v) is 8.67. The second-order valence-electron chi connectivity index (χ2n) is 8.67. The van der Waals surface area contributed by atoms with Gasteiger partial charge in [0.2, 0.25) is 0 Å². The molecule has 1 saturated carbocycles. The van der Waals surface area contributed by atoms with Crippen LogP contribution in [0.25, 0.3) is 16.3 Å². The van der Waals surface area contributed by atoms with E-state index in [2.05, 4.69) is 41.8 Å². The van der Waals surface area contributed by atoms with Crippen LogP contribution in [-0.4, -0.2) is 24.5 Å². The molecule has 3 aromatic rings. The van der Waals surface area contributed by atoms with Crippen molar-refractivity contribution in [2.75, 3.05) is 19.6 Å². The van der Waals surface area contributed by atoms with Crippen molar-refractivity contribution < 1.29 is 4.74 Å². The highest BCUT2D eigenvalue weighted by atomic mass is 16.5. The summed E-state index contributed by atoms with van der Waals surface area (Å²) in [5.74, 6) is 3.31. The van der Waals surface area contributed by atoms with Crippen molar-refractivity contribution in [3.05, 3.63) is 78.9 Å². The van der Waals surface area contributed by atoms with E-state index in [4.69, 9.17) is 4.74 Å². The van der Waals surface area contributed by atoms with Crippen LogP contribution in [0.5, 0.6) is 11.5 Å². The van der Waals surface area contributed by atoms with E-state index in [1.807, 2.05) is 36.4 Å². The van der Waals surface area contributed by atoms with Gasteiger partial charge < -0.3 is 9.64 Å². The van der Waals surface area contributed by atoms with Crippen molar-refractivity contribution in [1.82, 2.24) is 4.90 Å². The summed E-state index contributed by atoms with van der Waals surface area (Å²) in [6.45, 7) is 8.24. The SMILES string of the molecule is C=C(c1ccc2c(Oc3ccccc3)cccc2c1)C1CCCN(CC2CC2)C1. The molecule has 1 aliphatic heterocycles. The van der Waals surface area contributed by atoms with E-state index >= 15 is 0 Å². The molecule has 0 spiro atoms. The maximum atomic E-state index is 6.14. The summed E-state index contributed by atoms with van der Waals surface area (Å²) in [6.07, 6.45) is 5.41. The van der Waals surface area contributed by atoms with E-state index in [0.717, 1.165) is 22.8 Å². The predicted octanol–water partition coefficient (Wildman–Crippen LogP) is 6.77. The predicted molar refractivity (Wildman–Crippen MR) is 121 cm³/mol. The summed E-state index contributed by atoms with van der Waals surface area (Å²) in [6, 6.07) is 23.0. The molecule has 29 heavy (non-hydrogen) atoms. The average Bonchev–Trinajstić information content (AvgIpc) is 3.58. The lowest BCUT2D eigenvalue weighted by Crippen LogP contribution is -2.37. The largest absolute Gasteiger partial charge is 0.457 e. The molecule has 0 amide bonds. The molecule has 0 N–H and O–H groups in total. The van der Waals surface area contributed by atoms with Gasteiger partial charge in [0.25, 0.3) is 0 Å². The minimum absolute atomic E-state index is 0.573. The molecule has 0 radical (unpaired) electrons. The zero-order valence-corrected chi connectivity index (χ0v) is 17.0. The number of likely N-dealkylation sites (tertiary alicyclic amines) is 1. The van der Waals surface area contributed by atoms with Gasteiger partial charge in [-0.25, -0.2) is 0 Å². The Hall–Kier alpha value is -2.58. The van der Waals surface area contributed by atoms with Crippen LogP contribution in [0.3, 0.4) is 0 Å². The lowest BCUT2D eigenvalue weighted by molar-refractivity contribution is 0.193. The highest BCUT2D eigenvalue weighted by molar-refractivity contribution is 5.91. The van der Waals surface area contributed by atoms with Gasteiger partial charge in [-0.1, -0.05) is 49.0 Å². The van der Waals surface area contributed by atoms with Gasteiger partial charge in [0, 0.05) is 18.5 Å². The van der Waals surface area contributed by atoms with Crippen LogP contribution in [0, 0.1) is 11.8 Å². The first-order valence-electron chi connectivity index (χ1n) is 10.9. The minimum atomic E-state index is 0.573. The number of benzene rings is 3. The van der Waals surface area contributed by atoms with Gasteiger partial charge in [-0.2, -0.15) is 0 Å². The van der Waals surface area contributed by atoms with Crippen molar-refractivity contribution in [3.8, 4) is 11.5 Å². The highest BCUT2D eigenvalue weighted by Crippen LogP contribution is 2.36. The number of ether oxygens (including phenoxy) is 1. The van der Waals surface area contributed by atoms with Crippen molar-refractivity contribution in [1.29, 1.82) is 0 Å². The number of hydrogen-bond donors (Lipinski definition) is 0. The van der Waals surface area contributed by atoms with Gasteiger partial charge in [0.05, 0.1) is 0 Å². The highest BCUT2D eigenvalue weighted by Gasteiger charge is 2.28. The zero-order valence-electron chi connectivity index (χ0n) is 17.0. The van der Waals surface area contributed by atoms with E-state index < -0.39 is 0 Å². The fourth-order valence-electron chi connectivity index (χ4n) is 4.57. The molecule has 148 valence electrons. The summed E-state index contributed by atoms with van der Waals surface area (Å²) in [4.78, 5) is 2.67. The van der Waals surface area contributed by atoms with E-state index in [1.165, 1.54) is 61.8 Å². The summed E-state index contributed by atoms with van der Waals surface area (Å²) in [7, 11) is 0. The molecule has 2 nitrogen and oxygen atoms in total. The van der Waals surface area contributed by atoms with E-state index in [1.54, 1.807) is 0 Å². The van der Waals surface area contributed by atoms with E-state index in [-0.39, 0.29) is 0 Å². The molecule has 5 rings (SSSR count). The van der Waals surface area contributed by atoms with Crippen molar-refractivity contribution in [3.63, 3.8) is 0 Å². The van der Waals surface area contributed by atoms with Crippen molar-refractivity contribution in [2.24, 2.45) is 11.8 Å². The van der Waals surface area contributed by atoms with Gasteiger partial charge in [-0.15, -0.1) is 0 Å². The van der Waals surface area contributed by atoms with Gasteiger partial charge >= 0.3 is 0 Å². The lowest BCUT2D eigenvalue weighted by atomic mass is 9.86. The number of piperidine rings is 1. The second kappa shape index (κ2) is 8.04. The van der Waals surface area contributed by atoms with Gasteiger partial charge in [0.15, 0.2) is 0 Å². The maximum absolute atomic E-state index is 6.14. The average molecular weight is 384 g/mol. The quantitative estimate of drug-likeness (QED) is 0.466. The number of fused-ring (bicyclic) bond motifs is 1. The standard InChI is InChI=1S/C27H29NO/c1-20(24-8-6-16-28(19-24)18-21-12-13-21)22-14-15-26-23(17-22)7-5-11-27(26)29-25-9-3-2-4-10-25/h2-5,7,9-11,14-15,17,21,24H,1,6,8,12-13,16,18-19H2. The van der Waals surface area contributed by atoms with E-state index in [0.29, 0.717) is 5.92 Å². The summed E-state index contributed by atoms with van der Waals surface area (Å²) in [5.41, 5.74) is 2.56. The third-order valence-corrected chi connectivity index (χ3v) is 6.39. The Kier molecular flexibility index (Phi) is 5.12. The van der Waals surface area contributed by atoms with Crippen molar-refractivity contribution in [2.45, 2.75) is 25.7 Å². The van der Waals surface area contributed by atoms with Crippen LogP contribution in [-0.2, 0) is 0 Å². The topological polar surface area (TPSA) is 12.5 Å². The third kappa shape index (κ3) is 4.23. The molecule has 2 aliphatic rings. The molecule has 1 aliphatic carbocycles. The molecule has 2 fully saturated rings. The lowest BCUT2D eigenvalue weighted by Gasteiger charge is -2.34. The van der Waals surface area contributed by atoms with Crippen LogP contribution >= 0.6 is 0 Å². The summed E-state index contributed by atoms with van der Waals surface area (Å²) < 4.78 is 6.14. The van der Waals surface area contributed by atoms with Crippen LogP contribution in [0.2, 0.25) is 0 Å². The number of para-hydroxylation sites is 1. The molecule has 3 aromatic carbocycles. The third-order valence-electron chi connectivity index (χ3n) is 6.39. The maximum Gasteiger partial charge on any atom is 0.135 e. The van der Waals surface area contributed by atoms with Crippen LogP contribution in [0.15, 0.2) is 73.3 Å². The first kappa shape index (κ1) is 18.4. The fourth-order valence-corrected chi connectivity index (χ4v) is 4.57. The Morgan fingerprint density at radius 2 is 1.83 bits per heavy atom. The Morgan fingerprint density at radius 3 is 2.66 bits per heavy atom. The van der Waals surface area contributed by atoms with Gasteiger partial charge in [-0.05, 0) is 84.9 Å². The Balaban J connectivity index is 1.36. The number of nitrogens with zero attached hydrogens (tertiary/aromatic N) is 1. The first-order chi connectivity index (χ1) is 14.3. The summed E-state index contributed by atoms with van der Waals surface area (Å²) in [5, 5.41) is 2.36. The van der Waals surface area contributed by atoms with Crippen LogP contribution in [0.4, 0.5) is 0 Å². The molecule has 0 bridgehead atoms. The molecular weight excluding hydrogens is 354 g/mol. The molecule has 1 atom stereocenters. The smallest absolute Gasteiger partial charge is 0.135 e. The Morgan fingerprint density at radius 1 is 0.966 bits per heavy atom. The monoisotopic (exact) mass is 383 g/mol. The molecule has 1 unspecified atom stereocenters. The van der Waals surface area contributed by atoms with Crippen molar-refractivity contribution >= 4 is 16.3 Å². The molecule has 0 aromatic heterocycles. The van der Waals surface area contributed by atoms with Gasteiger partial charge in [-0.3, -0.25) is 0 Å². The zero-order chi connectivity index (χ0) is 19.6. The van der Waals surface area contributed by atoms with E-state index in [9.17, 15) is 0 Å². The normalized spacial score (nSPS) is 19.9.